The van der Waals surface area contributed by atoms with Crippen LogP contribution in [0.5, 0.6) is 17.2 Å². The highest BCUT2D eigenvalue weighted by molar-refractivity contribution is 14.1. The van der Waals surface area contributed by atoms with Crippen LogP contribution in [-0.4, -0.2) is 7.11 Å². The Balaban J connectivity index is 1.57. The summed E-state index contributed by atoms with van der Waals surface area (Å²) in [5.41, 5.74) is 4.94. The molecule has 0 aliphatic heterocycles. The summed E-state index contributed by atoms with van der Waals surface area (Å²) in [5.74, 6) is 2.56. The Morgan fingerprint density at radius 1 is 0.714 bits per heavy atom. The maximum absolute atomic E-state index is 5.91. The lowest BCUT2D eigenvalue weighted by molar-refractivity contribution is 0.415. The van der Waals surface area contributed by atoms with Crippen molar-refractivity contribution in [3.63, 3.8) is 0 Å². The van der Waals surface area contributed by atoms with Crippen LogP contribution < -0.4 is 9.47 Å². The van der Waals surface area contributed by atoms with Crippen LogP contribution in [0.1, 0.15) is 17.5 Å². The molecular formula is C25H20IO2. The van der Waals surface area contributed by atoms with E-state index in [-0.39, 0.29) is 0 Å². The number of para-hydroxylation sites is 1. The van der Waals surface area contributed by atoms with Gasteiger partial charge >= 0.3 is 0 Å². The van der Waals surface area contributed by atoms with Crippen molar-refractivity contribution in [2.45, 2.75) is 6.42 Å². The fourth-order valence-electron chi connectivity index (χ4n) is 3.21. The molecule has 1 aliphatic carbocycles. The second kappa shape index (κ2) is 8.65. The SMILES string of the molecule is COc1ccc(C2=C(I)C(c3ccc(Oc4ccccc4)cc3)=CC[CH]2)cc1. The Morgan fingerprint density at radius 3 is 2.00 bits per heavy atom. The van der Waals surface area contributed by atoms with Gasteiger partial charge in [0, 0.05) is 3.58 Å². The Morgan fingerprint density at radius 2 is 1.32 bits per heavy atom. The van der Waals surface area contributed by atoms with Crippen molar-refractivity contribution in [2.24, 2.45) is 0 Å². The van der Waals surface area contributed by atoms with Crippen molar-refractivity contribution in [2.75, 3.05) is 7.11 Å². The average molecular weight is 479 g/mol. The summed E-state index contributed by atoms with van der Waals surface area (Å²) in [5, 5.41) is 0. The zero-order valence-corrected chi connectivity index (χ0v) is 17.7. The normalized spacial score (nSPS) is 13.9. The van der Waals surface area contributed by atoms with Crippen molar-refractivity contribution in [3.8, 4) is 17.2 Å². The summed E-state index contributed by atoms with van der Waals surface area (Å²) in [4.78, 5) is 0. The molecule has 0 saturated carbocycles. The Hall–Kier alpha value is -2.53. The maximum atomic E-state index is 5.91. The molecular weight excluding hydrogens is 459 g/mol. The predicted octanol–water partition coefficient (Wildman–Crippen LogP) is 7.33. The molecule has 0 fully saturated rings. The van der Waals surface area contributed by atoms with Crippen LogP contribution in [0, 0.1) is 6.42 Å². The second-order valence-electron chi connectivity index (χ2n) is 6.45. The maximum Gasteiger partial charge on any atom is 0.127 e. The number of allylic oxidation sites excluding steroid dienone is 4. The molecule has 2 nitrogen and oxygen atoms in total. The summed E-state index contributed by atoms with van der Waals surface area (Å²) in [6, 6.07) is 26.4. The predicted molar refractivity (Wildman–Crippen MR) is 124 cm³/mol. The largest absolute Gasteiger partial charge is 0.497 e. The van der Waals surface area contributed by atoms with Gasteiger partial charge in [0.1, 0.15) is 17.2 Å². The van der Waals surface area contributed by atoms with Crippen LogP contribution in [0.15, 0.2) is 88.5 Å². The molecule has 3 heteroatoms. The van der Waals surface area contributed by atoms with E-state index in [2.05, 4.69) is 59.4 Å². The molecule has 0 bridgehead atoms. The molecule has 1 aliphatic rings. The standard InChI is InChI=1S/C25H20IO2/c1-27-20-14-10-18(11-15-20)23-8-5-9-24(25(23)26)19-12-16-22(17-13-19)28-21-6-3-2-4-7-21/h2-4,6-17H,5H2,1H3. The van der Waals surface area contributed by atoms with Crippen LogP contribution >= 0.6 is 22.6 Å². The first-order valence-corrected chi connectivity index (χ1v) is 10.2. The van der Waals surface area contributed by atoms with Gasteiger partial charge in [-0.15, -0.1) is 0 Å². The number of benzene rings is 3. The van der Waals surface area contributed by atoms with E-state index in [1.165, 1.54) is 25.9 Å². The van der Waals surface area contributed by atoms with E-state index in [0.29, 0.717) is 0 Å². The number of rotatable bonds is 5. The van der Waals surface area contributed by atoms with Crippen molar-refractivity contribution >= 4 is 33.7 Å². The third-order valence-corrected chi connectivity index (χ3v) is 5.82. The lowest BCUT2D eigenvalue weighted by atomic mass is 9.90. The quantitative estimate of drug-likeness (QED) is 0.357. The monoisotopic (exact) mass is 479 g/mol. The molecule has 0 saturated heterocycles. The molecule has 28 heavy (non-hydrogen) atoms. The van der Waals surface area contributed by atoms with Gasteiger partial charge in [-0.1, -0.05) is 48.5 Å². The van der Waals surface area contributed by atoms with Crippen molar-refractivity contribution < 1.29 is 9.47 Å². The van der Waals surface area contributed by atoms with Crippen LogP contribution in [-0.2, 0) is 0 Å². The van der Waals surface area contributed by atoms with Gasteiger partial charge < -0.3 is 9.47 Å². The Kier molecular flexibility index (Phi) is 5.81. The number of hydrogen-bond donors (Lipinski definition) is 0. The van der Waals surface area contributed by atoms with Gasteiger partial charge in [-0.2, -0.15) is 0 Å². The van der Waals surface area contributed by atoms with E-state index in [9.17, 15) is 0 Å². The summed E-state index contributed by atoms with van der Waals surface area (Å²) in [7, 11) is 1.69. The zero-order chi connectivity index (χ0) is 19.3. The van der Waals surface area contributed by atoms with Gasteiger partial charge in [-0.05, 0) is 94.1 Å². The molecule has 0 unspecified atom stereocenters. The molecule has 0 amide bonds. The molecule has 0 atom stereocenters. The van der Waals surface area contributed by atoms with Gasteiger partial charge in [0.25, 0.3) is 0 Å². The molecule has 139 valence electrons. The van der Waals surface area contributed by atoms with Crippen molar-refractivity contribution in [1.29, 1.82) is 0 Å². The highest BCUT2D eigenvalue weighted by Crippen LogP contribution is 2.41. The molecule has 0 N–H and O–H groups in total. The number of methoxy groups -OCH3 is 1. The third kappa shape index (κ3) is 4.14. The highest BCUT2D eigenvalue weighted by Gasteiger charge is 2.17. The van der Waals surface area contributed by atoms with Crippen LogP contribution in [0.25, 0.3) is 11.1 Å². The topological polar surface area (TPSA) is 18.5 Å². The molecule has 1 radical (unpaired) electrons. The van der Waals surface area contributed by atoms with E-state index < -0.39 is 0 Å². The first-order chi connectivity index (χ1) is 13.7. The molecule has 3 aromatic rings. The summed E-state index contributed by atoms with van der Waals surface area (Å²) >= 11 is 2.45. The minimum atomic E-state index is 0.840. The average Bonchev–Trinajstić information content (AvgIpc) is 2.75. The second-order valence-corrected chi connectivity index (χ2v) is 7.53. The van der Waals surface area contributed by atoms with Gasteiger partial charge in [-0.3, -0.25) is 0 Å². The first-order valence-electron chi connectivity index (χ1n) is 9.16. The number of hydrogen-bond acceptors (Lipinski definition) is 2. The molecule has 0 spiro atoms. The Bertz CT molecular complexity index is 1000. The fourth-order valence-corrected chi connectivity index (χ4v) is 4.27. The van der Waals surface area contributed by atoms with Crippen molar-refractivity contribution in [3.05, 3.63) is 106 Å². The van der Waals surface area contributed by atoms with Gasteiger partial charge in [0.05, 0.1) is 7.11 Å². The first kappa shape index (κ1) is 18.8. The highest BCUT2D eigenvalue weighted by atomic mass is 127. The van der Waals surface area contributed by atoms with Crippen LogP contribution in [0.3, 0.4) is 0 Å². The Labute approximate surface area is 179 Å². The zero-order valence-electron chi connectivity index (χ0n) is 15.6. The molecule has 0 heterocycles. The van der Waals surface area contributed by atoms with Gasteiger partial charge in [0.15, 0.2) is 0 Å². The molecule has 0 aromatic heterocycles. The number of ether oxygens (including phenoxy) is 2. The van der Waals surface area contributed by atoms with E-state index in [1.807, 2.05) is 54.6 Å². The summed E-state index contributed by atoms with van der Waals surface area (Å²) in [6.45, 7) is 0. The smallest absolute Gasteiger partial charge is 0.127 e. The van der Waals surface area contributed by atoms with Gasteiger partial charge in [-0.25, -0.2) is 0 Å². The molecule has 3 aromatic carbocycles. The minimum absolute atomic E-state index is 0.840. The summed E-state index contributed by atoms with van der Waals surface area (Å²) < 4.78 is 12.4. The molecule has 4 rings (SSSR count). The van der Waals surface area contributed by atoms with E-state index in [4.69, 9.17) is 9.47 Å². The lowest BCUT2D eigenvalue weighted by Gasteiger charge is -2.19. The van der Waals surface area contributed by atoms with E-state index in [1.54, 1.807) is 7.11 Å². The van der Waals surface area contributed by atoms with Gasteiger partial charge in [0.2, 0.25) is 0 Å². The summed E-state index contributed by atoms with van der Waals surface area (Å²) in [6.07, 6.45) is 5.48. The fraction of sp³-hybridized carbons (Fsp3) is 0.0800. The van der Waals surface area contributed by atoms with Crippen LogP contribution in [0.2, 0.25) is 0 Å². The van der Waals surface area contributed by atoms with Crippen LogP contribution in [0.4, 0.5) is 0 Å². The van der Waals surface area contributed by atoms with E-state index in [0.717, 1.165) is 23.7 Å². The number of halogens is 1. The minimum Gasteiger partial charge on any atom is -0.497 e. The lowest BCUT2D eigenvalue weighted by Crippen LogP contribution is -1.98. The third-order valence-electron chi connectivity index (χ3n) is 4.66. The van der Waals surface area contributed by atoms with Crippen molar-refractivity contribution in [1.82, 2.24) is 0 Å². The van der Waals surface area contributed by atoms with E-state index >= 15 is 0 Å².